The van der Waals surface area contributed by atoms with Crippen LogP contribution in [0.15, 0.2) is 18.2 Å². The highest BCUT2D eigenvalue weighted by Crippen LogP contribution is 2.30. The van der Waals surface area contributed by atoms with Gasteiger partial charge in [0.25, 0.3) is 0 Å². The van der Waals surface area contributed by atoms with Gasteiger partial charge in [-0.05, 0) is 49.9 Å². The van der Waals surface area contributed by atoms with Gasteiger partial charge in [-0.1, -0.05) is 6.07 Å². The molecule has 120 valence electrons. The molecule has 1 aromatic carbocycles. The van der Waals surface area contributed by atoms with Gasteiger partial charge in [0.05, 0.1) is 24.7 Å². The number of rotatable bonds is 2. The summed E-state index contributed by atoms with van der Waals surface area (Å²) in [6.07, 6.45) is 1.87. The van der Waals surface area contributed by atoms with E-state index in [1.54, 1.807) is 4.90 Å². The molecule has 5 heteroatoms. The average molecular weight is 312 g/mol. The van der Waals surface area contributed by atoms with Crippen molar-refractivity contribution in [1.82, 2.24) is 9.88 Å². The average Bonchev–Trinajstić information content (AvgIpc) is 3.00. The van der Waals surface area contributed by atoms with E-state index in [4.69, 9.17) is 9.47 Å². The molecule has 5 nitrogen and oxygen atoms in total. The van der Waals surface area contributed by atoms with E-state index in [9.17, 15) is 4.79 Å². The molecule has 1 aromatic heterocycles. The Morgan fingerprint density at radius 3 is 2.96 bits per heavy atom. The molecule has 1 saturated heterocycles. The highest BCUT2D eigenvalue weighted by molar-refractivity contribution is 5.85. The van der Waals surface area contributed by atoms with Crippen molar-refractivity contribution in [2.45, 2.75) is 39.3 Å². The SMILES string of the molecule is Cc1cc(C)c2cc3c(nc2c1)OC(=O)N(C[C@@H]1CCCO1)C3. The standard InChI is InChI=1S/C18H20N2O3/c1-11-6-12(2)15-8-13-9-20(10-14-4-3-5-22-14)18(21)23-17(13)19-16(15)7-11/h6-8,14H,3-5,9-10H2,1-2H3/t14-/m0/s1. The van der Waals surface area contributed by atoms with Gasteiger partial charge in [0, 0.05) is 17.6 Å². The number of pyridine rings is 1. The van der Waals surface area contributed by atoms with Crippen LogP contribution < -0.4 is 4.74 Å². The number of ether oxygens (including phenoxy) is 2. The summed E-state index contributed by atoms with van der Waals surface area (Å²) in [5, 5.41) is 1.12. The van der Waals surface area contributed by atoms with Crippen LogP contribution in [-0.4, -0.2) is 35.2 Å². The predicted octanol–water partition coefficient (Wildman–Crippen LogP) is 3.35. The normalized spacial score (nSPS) is 20.7. The van der Waals surface area contributed by atoms with E-state index in [0.29, 0.717) is 19.0 Å². The van der Waals surface area contributed by atoms with E-state index in [1.165, 1.54) is 5.56 Å². The fourth-order valence-electron chi connectivity index (χ4n) is 3.45. The Balaban J connectivity index is 1.67. The molecular formula is C18H20N2O3. The summed E-state index contributed by atoms with van der Waals surface area (Å²) >= 11 is 0. The molecule has 1 atom stereocenters. The second-order valence-corrected chi connectivity index (χ2v) is 6.48. The number of benzene rings is 1. The summed E-state index contributed by atoms with van der Waals surface area (Å²) in [4.78, 5) is 18.5. The predicted molar refractivity (Wildman–Crippen MR) is 86.6 cm³/mol. The van der Waals surface area contributed by atoms with Crippen LogP contribution in [0.1, 0.15) is 29.5 Å². The number of hydrogen-bond acceptors (Lipinski definition) is 4. The molecule has 0 N–H and O–H groups in total. The Labute approximate surface area is 135 Å². The molecular weight excluding hydrogens is 292 g/mol. The summed E-state index contributed by atoms with van der Waals surface area (Å²) in [7, 11) is 0. The van der Waals surface area contributed by atoms with Crippen LogP contribution in [0.3, 0.4) is 0 Å². The molecule has 3 heterocycles. The minimum atomic E-state index is -0.329. The number of carbonyl (C=O) groups excluding carboxylic acids is 1. The maximum absolute atomic E-state index is 12.2. The van der Waals surface area contributed by atoms with E-state index in [-0.39, 0.29) is 12.2 Å². The summed E-state index contributed by atoms with van der Waals surface area (Å²) in [5.74, 6) is 0.441. The zero-order chi connectivity index (χ0) is 16.0. The molecule has 0 spiro atoms. The first-order valence-corrected chi connectivity index (χ1v) is 8.09. The zero-order valence-electron chi connectivity index (χ0n) is 13.5. The second-order valence-electron chi connectivity index (χ2n) is 6.48. The van der Waals surface area contributed by atoms with Crippen LogP contribution in [0.5, 0.6) is 5.88 Å². The number of nitrogens with zero attached hydrogens (tertiary/aromatic N) is 2. The van der Waals surface area contributed by atoms with Crippen LogP contribution in [0, 0.1) is 13.8 Å². The highest BCUT2D eigenvalue weighted by atomic mass is 16.6. The van der Waals surface area contributed by atoms with Crippen molar-refractivity contribution >= 4 is 17.0 Å². The number of hydrogen-bond donors (Lipinski definition) is 0. The molecule has 2 aliphatic heterocycles. The van der Waals surface area contributed by atoms with Gasteiger partial charge >= 0.3 is 6.09 Å². The number of aryl methyl sites for hydroxylation is 2. The number of fused-ring (bicyclic) bond motifs is 2. The Morgan fingerprint density at radius 1 is 1.30 bits per heavy atom. The number of aromatic nitrogens is 1. The first-order valence-electron chi connectivity index (χ1n) is 8.09. The summed E-state index contributed by atoms with van der Waals surface area (Å²) < 4.78 is 11.1. The van der Waals surface area contributed by atoms with Crippen molar-refractivity contribution < 1.29 is 14.3 Å². The van der Waals surface area contributed by atoms with E-state index >= 15 is 0 Å². The smallest absolute Gasteiger partial charge is 0.391 e. The molecule has 0 saturated carbocycles. The van der Waals surface area contributed by atoms with Crippen molar-refractivity contribution in [2.24, 2.45) is 0 Å². The molecule has 0 unspecified atom stereocenters. The highest BCUT2D eigenvalue weighted by Gasteiger charge is 2.30. The van der Waals surface area contributed by atoms with Crippen LogP contribution in [0.2, 0.25) is 0 Å². The van der Waals surface area contributed by atoms with Gasteiger partial charge in [-0.25, -0.2) is 9.78 Å². The summed E-state index contributed by atoms with van der Waals surface area (Å²) in [6.45, 7) is 6.04. The Kier molecular flexibility index (Phi) is 3.45. The van der Waals surface area contributed by atoms with Crippen molar-refractivity contribution in [3.05, 3.63) is 34.9 Å². The third-order valence-corrected chi connectivity index (χ3v) is 4.58. The summed E-state index contributed by atoms with van der Waals surface area (Å²) in [5.41, 5.74) is 4.19. The third kappa shape index (κ3) is 2.65. The molecule has 0 radical (unpaired) electrons. The Bertz CT molecular complexity index is 781. The lowest BCUT2D eigenvalue weighted by Gasteiger charge is -2.29. The van der Waals surface area contributed by atoms with Crippen LogP contribution >= 0.6 is 0 Å². The monoisotopic (exact) mass is 312 g/mol. The molecule has 0 aliphatic carbocycles. The third-order valence-electron chi connectivity index (χ3n) is 4.58. The fourth-order valence-corrected chi connectivity index (χ4v) is 3.45. The van der Waals surface area contributed by atoms with E-state index in [1.807, 2.05) is 13.0 Å². The van der Waals surface area contributed by atoms with Crippen molar-refractivity contribution in [2.75, 3.05) is 13.2 Å². The van der Waals surface area contributed by atoms with Gasteiger partial charge in [0.15, 0.2) is 0 Å². The van der Waals surface area contributed by atoms with Gasteiger partial charge in [0.1, 0.15) is 0 Å². The van der Waals surface area contributed by atoms with Gasteiger partial charge in [-0.3, -0.25) is 0 Å². The minimum Gasteiger partial charge on any atom is -0.391 e. The Hall–Kier alpha value is -2.14. The molecule has 4 rings (SSSR count). The van der Waals surface area contributed by atoms with E-state index in [2.05, 4.69) is 24.0 Å². The largest absolute Gasteiger partial charge is 0.416 e. The van der Waals surface area contributed by atoms with Crippen LogP contribution in [0.4, 0.5) is 4.79 Å². The van der Waals surface area contributed by atoms with Gasteiger partial charge < -0.3 is 14.4 Å². The number of amides is 1. The fraction of sp³-hybridized carbons (Fsp3) is 0.444. The lowest BCUT2D eigenvalue weighted by molar-refractivity contribution is 0.0641. The van der Waals surface area contributed by atoms with E-state index in [0.717, 1.165) is 41.5 Å². The summed E-state index contributed by atoms with van der Waals surface area (Å²) in [6, 6.07) is 6.27. The topological polar surface area (TPSA) is 51.7 Å². The van der Waals surface area contributed by atoms with Crippen LogP contribution in [-0.2, 0) is 11.3 Å². The van der Waals surface area contributed by atoms with Crippen molar-refractivity contribution in [3.63, 3.8) is 0 Å². The van der Waals surface area contributed by atoms with Gasteiger partial charge in [0.2, 0.25) is 5.88 Å². The Morgan fingerprint density at radius 2 is 2.17 bits per heavy atom. The van der Waals surface area contributed by atoms with Gasteiger partial charge in [-0.15, -0.1) is 0 Å². The lowest BCUT2D eigenvalue weighted by Crippen LogP contribution is -2.41. The minimum absolute atomic E-state index is 0.127. The first-order chi connectivity index (χ1) is 11.1. The zero-order valence-corrected chi connectivity index (χ0v) is 13.5. The molecule has 2 aromatic rings. The van der Waals surface area contributed by atoms with Crippen molar-refractivity contribution in [1.29, 1.82) is 0 Å². The quantitative estimate of drug-likeness (QED) is 0.853. The molecule has 1 amide bonds. The molecule has 1 fully saturated rings. The second kappa shape index (κ2) is 5.49. The molecule has 23 heavy (non-hydrogen) atoms. The number of carbonyl (C=O) groups is 1. The van der Waals surface area contributed by atoms with Gasteiger partial charge in [-0.2, -0.15) is 0 Å². The first kappa shape index (κ1) is 14.5. The van der Waals surface area contributed by atoms with E-state index < -0.39 is 0 Å². The maximum atomic E-state index is 12.2. The molecule has 2 aliphatic rings. The van der Waals surface area contributed by atoms with Crippen molar-refractivity contribution in [3.8, 4) is 5.88 Å². The van der Waals surface area contributed by atoms with Crippen LogP contribution in [0.25, 0.3) is 10.9 Å². The lowest BCUT2D eigenvalue weighted by atomic mass is 10.0. The molecule has 0 bridgehead atoms. The maximum Gasteiger partial charge on any atom is 0.416 e.